The number of carbonyl (C=O) groups excluding carboxylic acids is 1. The minimum absolute atomic E-state index is 0.00319. The van der Waals surface area contributed by atoms with E-state index >= 15 is 0 Å². The van der Waals surface area contributed by atoms with Crippen molar-refractivity contribution in [3.8, 4) is 0 Å². The van der Waals surface area contributed by atoms with Crippen LogP contribution in [0.5, 0.6) is 0 Å². The molecule has 0 aromatic heterocycles. The second-order valence-electron chi connectivity index (χ2n) is 5.37. The molecular formula is C14H17F2N3O2. The lowest BCUT2D eigenvalue weighted by atomic mass is 10.1. The van der Waals surface area contributed by atoms with E-state index in [2.05, 4.69) is 0 Å². The van der Waals surface area contributed by atoms with Crippen molar-refractivity contribution in [1.82, 2.24) is 4.90 Å². The third-order valence-electron chi connectivity index (χ3n) is 4.18. The van der Waals surface area contributed by atoms with E-state index in [4.69, 9.17) is 10.6 Å². The molecule has 21 heavy (non-hydrogen) atoms. The fraction of sp³-hybridized carbons (Fsp3) is 0.500. The molecular weight excluding hydrogens is 280 g/mol. The standard InChI is InChI=1S/C14H17F2N3O2/c15-9-6-8(7-10(16)13(9)18-17)14(20)19-4-5-21-12-3-1-2-11(12)19/h6-7,11-12,18H,1-5,17H2. The van der Waals surface area contributed by atoms with Gasteiger partial charge in [0.05, 0.1) is 18.8 Å². The Hall–Kier alpha value is -1.73. The zero-order chi connectivity index (χ0) is 15.0. The second-order valence-corrected chi connectivity index (χ2v) is 5.37. The highest BCUT2D eigenvalue weighted by Crippen LogP contribution is 2.31. The number of benzene rings is 1. The number of fused-ring (bicyclic) bond motifs is 1. The number of nitrogens with one attached hydrogen (secondary N) is 1. The summed E-state index contributed by atoms with van der Waals surface area (Å²) in [6, 6.07) is 2.03. The minimum atomic E-state index is -0.878. The third-order valence-corrected chi connectivity index (χ3v) is 4.18. The summed E-state index contributed by atoms with van der Waals surface area (Å²) in [7, 11) is 0. The first kappa shape index (κ1) is 14.2. The van der Waals surface area contributed by atoms with Crippen molar-refractivity contribution >= 4 is 11.6 Å². The van der Waals surface area contributed by atoms with Gasteiger partial charge in [0, 0.05) is 12.1 Å². The number of amides is 1. The van der Waals surface area contributed by atoms with Crippen LogP contribution < -0.4 is 11.3 Å². The SMILES string of the molecule is NNc1c(F)cc(C(=O)N2CCOC3CCCC32)cc1F. The molecule has 1 saturated heterocycles. The molecule has 5 nitrogen and oxygen atoms in total. The topological polar surface area (TPSA) is 67.6 Å². The lowest BCUT2D eigenvalue weighted by Gasteiger charge is -2.37. The monoisotopic (exact) mass is 297 g/mol. The zero-order valence-electron chi connectivity index (χ0n) is 11.4. The van der Waals surface area contributed by atoms with Crippen molar-refractivity contribution in [2.45, 2.75) is 31.4 Å². The smallest absolute Gasteiger partial charge is 0.254 e. The summed E-state index contributed by atoms with van der Waals surface area (Å²) in [5.74, 6) is 2.93. The second kappa shape index (κ2) is 5.57. The van der Waals surface area contributed by atoms with Gasteiger partial charge in [-0.05, 0) is 31.4 Å². The number of halogens is 2. The fourth-order valence-corrected chi connectivity index (χ4v) is 3.18. The Kier molecular flexibility index (Phi) is 3.77. The van der Waals surface area contributed by atoms with Crippen molar-refractivity contribution in [2.75, 3.05) is 18.6 Å². The van der Waals surface area contributed by atoms with Crippen LogP contribution >= 0.6 is 0 Å². The maximum atomic E-state index is 13.7. The van der Waals surface area contributed by atoms with Gasteiger partial charge in [0.2, 0.25) is 0 Å². The van der Waals surface area contributed by atoms with Gasteiger partial charge in [0.1, 0.15) is 5.69 Å². The van der Waals surface area contributed by atoms with Gasteiger partial charge in [-0.2, -0.15) is 0 Å². The molecule has 114 valence electrons. The molecule has 2 fully saturated rings. The first-order valence-electron chi connectivity index (χ1n) is 7.00. The summed E-state index contributed by atoms with van der Waals surface area (Å²) in [5.41, 5.74) is 1.51. The number of anilines is 1. The lowest BCUT2D eigenvalue weighted by Crippen LogP contribution is -2.51. The molecule has 3 rings (SSSR count). The number of morpholine rings is 1. The summed E-state index contributed by atoms with van der Waals surface area (Å²) in [6.07, 6.45) is 2.83. The molecule has 1 aromatic carbocycles. The molecule has 1 aliphatic heterocycles. The number of carbonyl (C=O) groups is 1. The Morgan fingerprint density at radius 1 is 1.33 bits per heavy atom. The van der Waals surface area contributed by atoms with Gasteiger partial charge in [-0.15, -0.1) is 0 Å². The molecule has 2 aliphatic rings. The highest BCUT2D eigenvalue weighted by Gasteiger charge is 2.38. The van der Waals surface area contributed by atoms with E-state index < -0.39 is 17.3 Å². The van der Waals surface area contributed by atoms with Crippen molar-refractivity contribution < 1.29 is 18.3 Å². The number of nitrogen functional groups attached to an aromatic ring is 1. The van der Waals surface area contributed by atoms with E-state index in [1.54, 1.807) is 4.90 Å². The molecule has 2 atom stereocenters. The van der Waals surface area contributed by atoms with Crippen molar-refractivity contribution in [3.63, 3.8) is 0 Å². The molecule has 1 heterocycles. The summed E-state index contributed by atoms with van der Waals surface area (Å²) in [4.78, 5) is 14.2. The zero-order valence-corrected chi connectivity index (χ0v) is 11.4. The van der Waals surface area contributed by atoms with Crippen LogP contribution in [-0.4, -0.2) is 36.1 Å². The number of nitrogens with two attached hydrogens (primary N) is 1. The van der Waals surface area contributed by atoms with E-state index in [1.165, 1.54) is 0 Å². The van der Waals surface area contributed by atoms with Crippen LogP contribution in [0, 0.1) is 11.6 Å². The molecule has 1 aromatic rings. The van der Waals surface area contributed by atoms with Gasteiger partial charge < -0.3 is 15.1 Å². The van der Waals surface area contributed by atoms with Crippen LogP contribution in [0.4, 0.5) is 14.5 Å². The van der Waals surface area contributed by atoms with Crippen LogP contribution in [0.1, 0.15) is 29.6 Å². The predicted octanol–water partition coefficient (Wildman–Crippen LogP) is 1.64. The summed E-state index contributed by atoms with van der Waals surface area (Å²) in [6.45, 7) is 0.903. The third kappa shape index (κ3) is 2.47. The van der Waals surface area contributed by atoms with E-state index in [0.717, 1.165) is 31.4 Å². The minimum Gasteiger partial charge on any atom is -0.374 e. The number of hydrogen-bond donors (Lipinski definition) is 2. The van der Waals surface area contributed by atoms with Gasteiger partial charge in [0.25, 0.3) is 5.91 Å². The van der Waals surface area contributed by atoms with E-state index in [0.29, 0.717) is 13.2 Å². The molecule has 1 saturated carbocycles. The molecule has 2 unspecified atom stereocenters. The number of nitrogens with zero attached hydrogens (tertiary/aromatic N) is 1. The van der Waals surface area contributed by atoms with Gasteiger partial charge in [-0.25, -0.2) is 8.78 Å². The molecule has 3 N–H and O–H groups in total. The first-order valence-corrected chi connectivity index (χ1v) is 7.00. The van der Waals surface area contributed by atoms with Crippen LogP contribution in [0.15, 0.2) is 12.1 Å². The molecule has 0 spiro atoms. The maximum Gasteiger partial charge on any atom is 0.254 e. The van der Waals surface area contributed by atoms with E-state index in [-0.39, 0.29) is 23.6 Å². The Morgan fingerprint density at radius 2 is 2.05 bits per heavy atom. The molecule has 1 aliphatic carbocycles. The highest BCUT2D eigenvalue weighted by atomic mass is 19.1. The quantitative estimate of drug-likeness (QED) is 0.643. The number of hydrazine groups is 1. The van der Waals surface area contributed by atoms with Crippen LogP contribution in [0.2, 0.25) is 0 Å². The average molecular weight is 297 g/mol. The van der Waals surface area contributed by atoms with Crippen LogP contribution in [0.25, 0.3) is 0 Å². The van der Waals surface area contributed by atoms with Crippen molar-refractivity contribution in [1.29, 1.82) is 0 Å². The Morgan fingerprint density at radius 3 is 2.71 bits per heavy atom. The van der Waals surface area contributed by atoms with Crippen LogP contribution in [0.3, 0.4) is 0 Å². The summed E-state index contributed by atoms with van der Waals surface area (Å²) in [5, 5.41) is 0. The Labute approximate surface area is 121 Å². The summed E-state index contributed by atoms with van der Waals surface area (Å²) < 4.78 is 33.1. The molecule has 1 amide bonds. The largest absolute Gasteiger partial charge is 0.374 e. The molecule has 7 heteroatoms. The van der Waals surface area contributed by atoms with Crippen molar-refractivity contribution in [3.05, 3.63) is 29.3 Å². The van der Waals surface area contributed by atoms with Crippen molar-refractivity contribution in [2.24, 2.45) is 5.84 Å². The summed E-state index contributed by atoms with van der Waals surface area (Å²) >= 11 is 0. The van der Waals surface area contributed by atoms with Gasteiger partial charge in [-0.1, -0.05) is 0 Å². The van der Waals surface area contributed by atoms with E-state index in [9.17, 15) is 13.6 Å². The van der Waals surface area contributed by atoms with Crippen LogP contribution in [-0.2, 0) is 4.74 Å². The number of rotatable bonds is 2. The fourth-order valence-electron chi connectivity index (χ4n) is 3.18. The molecule has 0 radical (unpaired) electrons. The molecule has 0 bridgehead atoms. The normalized spacial score (nSPS) is 24.8. The van der Waals surface area contributed by atoms with Gasteiger partial charge in [-0.3, -0.25) is 10.6 Å². The van der Waals surface area contributed by atoms with Gasteiger partial charge >= 0.3 is 0 Å². The Bertz CT molecular complexity index is 544. The first-order chi connectivity index (χ1) is 10.1. The van der Waals surface area contributed by atoms with E-state index in [1.807, 2.05) is 5.43 Å². The number of hydrogen-bond acceptors (Lipinski definition) is 4. The Balaban J connectivity index is 1.88. The van der Waals surface area contributed by atoms with Gasteiger partial charge in [0.15, 0.2) is 11.6 Å². The highest BCUT2D eigenvalue weighted by molar-refractivity contribution is 5.95. The maximum absolute atomic E-state index is 13.7. The lowest BCUT2D eigenvalue weighted by molar-refractivity contribution is -0.0445. The number of ether oxygens (including phenoxy) is 1. The average Bonchev–Trinajstić information content (AvgIpc) is 2.94. The predicted molar refractivity (Wildman–Crippen MR) is 72.6 cm³/mol.